The third kappa shape index (κ3) is 4.37. The summed E-state index contributed by atoms with van der Waals surface area (Å²) < 4.78 is 11.6. The van der Waals surface area contributed by atoms with Crippen molar-refractivity contribution in [2.24, 2.45) is 0 Å². The Morgan fingerprint density at radius 1 is 1.21 bits per heavy atom. The summed E-state index contributed by atoms with van der Waals surface area (Å²) in [5.74, 6) is 0.462. The van der Waals surface area contributed by atoms with Crippen LogP contribution in [0.15, 0.2) is 36.8 Å². The molecule has 0 saturated carbocycles. The number of nitrogens with one attached hydrogen (secondary N) is 1. The van der Waals surface area contributed by atoms with Crippen LogP contribution in [-0.2, 0) is 22.5 Å². The fourth-order valence-electron chi connectivity index (χ4n) is 4.87. The van der Waals surface area contributed by atoms with E-state index in [9.17, 15) is 4.79 Å². The maximum atomic E-state index is 13.0. The van der Waals surface area contributed by atoms with Gasteiger partial charge < -0.3 is 20.1 Å². The summed E-state index contributed by atoms with van der Waals surface area (Å²) >= 11 is 0. The molecule has 2 aromatic heterocycles. The lowest BCUT2D eigenvalue weighted by Gasteiger charge is -2.31. The molecule has 0 radical (unpaired) electrons. The molecule has 1 amide bonds. The summed E-state index contributed by atoms with van der Waals surface area (Å²) in [5, 5.41) is 6.88. The van der Waals surface area contributed by atoms with Crippen molar-refractivity contribution in [2.45, 2.75) is 58.3 Å². The summed E-state index contributed by atoms with van der Waals surface area (Å²) in [4.78, 5) is 19.4. The molecule has 1 saturated heterocycles. The van der Waals surface area contributed by atoms with E-state index in [-0.39, 0.29) is 12.1 Å². The largest absolute Gasteiger partial charge is 0.444 e. The van der Waals surface area contributed by atoms with E-state index in [4.69, 9.17) is 15.2 Å². The SMILES string of the molecule is CC(C)(C)OC(=O)N1CCCC1c1cc(-c2cnc(N)c(-c3cn[nH]c3)c2)cc2c1COCC2. The first-order chi connectivity index (χ1) is 16.3. The molecular formula is C26H31N5O3. The van der Waals surface area contributed by atoms with E-state index in [0.29, 0.717) is 25.6 Å². The summed E-state index contributed by atoms with van der Waals surface area (Å²) in [7, 11) is 0. The van der Waals surface area contributed by atoms with E-state index >= 15 is 0 Å². The van der Waals surface area contributed by atoms with Gasteiger partial charge in [-0.05, 0) is 74.4 Å². The monoisotopic (exact) mass is 461 g/mol. The van der Waals surface area contributed by atoms with Gasteiger partial charge >= 0.3 is 6.09 Å². The lowest BCUT2D eigenvalue weighted by molar-refractivity contribution is 0.0221. The van der Waals surface area contributed by atoms with Crippen LogP contribution >= 0.6 is 0 Å². The minimum Gasteiger partial charge on any atom is -0.444 e. The number of amides is 1. The van der Waals surface area contributed by atoms with E-state index in [1.807, 2.05) is 38.1 Å². The molecule has 3 aromatic rings. The van der Waals surface area contributed by atoms with E-state index in [0.717, 1.165) is 47.1 Å². The minimum absolute atomic E-state index is 0.0414. The standard InChI is InChI=1S/C26H31N5O3/c1-26(2,3)34-25(32)31-7-4-5-23(31)21-10-17(9-16-6-8-33-15-22(16)21)18-11-20(24(27)28-12-18)19-13-29-30-14-19/h9-14,23H,4-8,15H2,1-3H3,(H2,27,28)(H,29,30). The normalized spacial score (nSPS) is 18.1. The highest BCUT2D eigenvalue weighted by Gasteiger charge is 2.35. The van der Waals surface area contributed by atoms with Crippen molar-refractivity contribution in [1.29, 1.82) is 0 Å². The van der Waals surface area contributed by atoms with Crippen LogP contribution in [0.3, 0.4) is 0 Å². The second-order valence-corrected chi connectivity index (χ2v) is 9.98. The van der Waals surface area contributed by atoms with Crippen LogP contribution in [0.1, 0.15) is 56.3 Å². The van der Waals surface area contributed by atoms with Gasteiger partial charge in [0.15, 0.2) is 0 Å². The van der Waals surface area contributed by atoms with Gasteiger partial charge in [-0.1, -0.05) is 6.07 Å². The fraction of sp³-hybridized carbons (Fsp3) is 0.423. The van der Waals surface area contributed by atoms with Gasteiger partial charge in [-0.2, -0.15) is 5.10 Å². The van der Waals surface area contributed by atoms with E-state index in [2.05, 4.69) is 33.4 Å². The first-order valence-corrected chi connectivity index (χ1v) is 11.8. The summed E-state index contributed by atoms with van der Waals surface area (Å²) in [5.41, 5.74) is 13.0. The highest BCUT2D eigenvalue weighted by atomic mass is 16.6. The number of nitrogens with zero attached hydrogens (tertiary/aromatic N) is 3. The maximum Gasteiger partial charge on any atom is 0.410 e. The molecule has 4 heterocycles. The number of benzene rings is 1. The average molecular weight is 462 g/mol. The van der Waals surface area contributed by atoms with Gasteiger partial charge in [0.2, 0.25) is 0 Å². The minimum atomic E-state index is -0.534. The van der Waals surface area contributed by atoms with Crippen molar-refractivity contribution in [3.63, 3.8) is 0 Å². The van der Waals surface area contributed by atoms with Crippen molar-refractivity contribution in [1.82, 2.24) is 20.1 Å². The summed E-state index contributed by atoms with van der Waals surface area (Å²) in [6.07, 6.45) is 7.78. The Bertz CT molecular complexity index is 1200. The lowest BCUT2D eigenvalue weighted by atomic mass is 9.88. The topological polar surface area (TPSA) is 106 Å². The predicted octanol–water partition coefficient (Wildman–Crippen LogP) is 4.87. The van der Waals surface area contributed by atoms with Crippen LogP contribution in [0.4, 0.5) is 10.6 Å². The number of aromatic nitrogens is 3. The Morgan fingerprint density at radius 3 is 2.82 bits per heavy atom. The Labute approximate surface area is 199 Å². The van der Waals surface area contributed by atoms with Crippen LogP contribution in [0.25, 0.3) is 22.3 Å². The number of ether oxygens (including phenoxy) is 2. The van der Waals surface area contributed by atoms with Crippen molar-refractivity contribution >= 4 is 11.9 Å². The lowest BCUT2D eigenvalue weighted by Crippen LogP contribution is -2.36. The van der Waals surface area contributed by atoms with E-state index < -0.39 is 5.60 Å². The molecule has 1 fully saturated rings. The number of pyridine rings is 1. The van der Waals surface area contributed by atoms with Crippen LogP contribution in [-0.4, -0.2) is 44.9 Å². The van der Waals surface area contributed by atoms with Crippen molar-refractivity contribution in [3.8, 4) is 22.3 Å². The van der Waals surface area contributed by atoms with Gasteiger partial charge in [-0.15, -0.1) is 0 Å². The van der Waals surface area contributed by atoms with Crippen LogP contribution in [0, 0.1) is 0 Å². The number of fused-ring (bicyclic) bond motifs is 1. The molecule has 178 valence electrons. The predicted molar refractivity (Wildman–Crippen MR) is 130 cm³/mol. The second kappa shape index (κ2) is 8.76. The Morgan fingerprint density at radius 2 is 2.06 bits per heavy atom. The number of carbonyl (C=O) groups is 1. The number of H-pyrrole nitrogens is 1. The molecule has 3 N–H and O–H groups in total. The number of nitrogens with two attached hydrogens (primary N) is 1. The fourth-order valence-corrected chi connectivity index (χ4v) is 4.87. The van der Waals surface area contributed by atoms with Gasteiger partial charge in [-0.3, -0.25) is 5.10 Å². The molecule has 8 nitrogen and oxygen atoms in total. The molecule has 2 aliphatic rings. The molecule has 5 rings (SSSR count). The second-order valence-electron chi connectivity index (χ2n) is 9.98. The molecule has 34 heavy (non-hydrogen) atoms. The average Bonchev–Trinajstić information content (AvgIpc) is 3.50. The quantitative estimate of drug-likeness (QED) is 0.577. The molecule has 1 atom stereocenters. The number of nitrogen functional groups attached to an aromatic ring is 1. The summed E-state index contributed by atoms with van der Waals surface area (Å²) in [6.45, 7) is 7.64. The number of hydrogen-bond donors (Lipinski definition) is 2. The molecule has 1 unspecified atom stereocenters. The van der Waals surface area contributed by atoms with Crippen LogP contribution in [0.5, 0.6) is 0 Å². The Kier molecular flexibility index (Phi) is 5.77. The van der Waals surface area contributed by atoms with Gasteiger partial charge in [-0.25, -0.2) is 9.78 Å². The third-order valence-electron chi connectivity index (χ3n) is 6.44. The Hall–Kier alpha value is -3.39. The number of likely N-dealkylation sites (tertiary alicyclic amines) is 1. The maximum absolute atomic E-state index is 13.0. The zero-order chi connectivity index (χ0) is 23.9. The number of rotatable bonds is 3. The highest BCUT2D eigenvalue weighted by Crippen LogP contribution is 2.40. The molecule has 2 aliphatic heterocycles. The number of hydrogen-bond acceptors (Lipinski definition) is 6. The summed E-state index contributed by atoms with van der Waals surface area (Å²) in [6, 6.07) is 6.42. The van der Waals surface area contributed by atoms with Crippen molar-refractivity contribution in [3.05, 3.63) is 53.5 Å². The van der Waals surface area contributed by atoms with E-state index in [1.54, 1.807) is 6.20 Å². The van der Waals surface area contributed by atoms with Crippen LogP contribution < -0.4 is 5.73 Å². The van der Waals surface area contributed by atoms with Gasteiger partial charge in [0.05, 0.1) is 25.5 Å². The van der Waals surface area contributed by atoms with Crippen LogP contribution in [0.2, 0.25) is 0 Å². The molecule has 8 heteroatoms. The molecule has 0 bridgehead atoms. The first-order valence-electron chi connectivity index (χ1n) is 11.8. The third-order valence-corrected chi connectivity index (χ3v) is 6.44. The smallest absolute Gasteiger partial charge is 0.410 e. The zero-order valence-electron chi connectivity index (χ0n) is 19.9. The van der Waals surface area contributed by atoms with Gasteiger partial charge in [0, 0.05) is 35.6 Å². The molecule has 0 aliphatic carbocycles. The molecule has 1 aromatic carbocycles. The van der Waals surface area contributed by atoms with Crippen molar-refractivity contribution in [2.75, 3.05) is 18.9 Å². The molecular weight excluding hydrogens is 430 g/mol. The Balaban J connectivity index is 1.57. The van der Waals surface area contributed by atoms with Gasteiger partial charge in [0.25, 0.3) is 0 Å². The zero-order valence-corrected chi connectivity index (χ0v) is 19.9. The molecule has 0 spiro atoms. The van der Waals surface area contributed by atoms with Crippen molar-refractivity contribution < 1.29 is 14.3 Å². The van der Waals surface area contributed by atoms with Gasteiger partial charge in [0.1, 0.15) is 11.4 Å². The number of anilines is 1. The number of carbonyl (C=O) groups excluding carboxylic acids is 1. The number of aromatic amines is 1. The first kappa shape index (κ1) is 22.4. The van der Waals surface area contributed by atoms with E-state index in [1.165, 1.54) is 11.1 Å². The highest BCUT2D eigenvalue weighted by molar-refractivity contribution is 5.79.